The second-order valence-electron chi connectivity index (χ2n) is 7.67. The van der Waals surface area contributed by atoms with Crippen LogP contribution in [0.15, 0.2) is 121 Å². The van der Waals surface area contributed by atoms with Gasteiger partial charge >= 0.3 is 11.9 Å². The van der Waals surface area contributed by atoms with E-state index in [1.807, 2.05) is 42.5 Å². The van der Waals surface area contributed by atoms with Crippen LogP contribution in [0.2, 0.25) is 0 Å². The highest BCUT2D eigenvalue weighted by molar-refractivity contribution is 6.01. The van der Waals surface area contributed by atoms with Crippen molar-refractivity contribution in [1.82, 2.24) is 0 Å². The first-order valence-corrected chi connectivity index (χ1v) is 11.0. The fraction of sp³-hybridized carbons (Fsp3) is 0. The zero-order chi connectivity index (χ0) is 24.0. The normalized spacial score (nSPS) is 10.5. The Balaban J connectivity index is 1.61. The summed E-state index contributed by atoms with van der Waals surface area (Å²) in [5.41, 5.74) is 0.823. The molecule has 0 aliphatic heterocycles. The van der Waals surface area contributed by atoms with Gasteiger partial charge in [-0.2, -0.15) is 0 Å². The van der Waals surface area contributed by atoms with E-state index < -0.39 is 11.9 Å². The van der Waals surface area contributed by atoms with Gasteiger partial charge in [0, 0.05) is 16.8 Å². The Bertz CT molecular complexity index is 1480. The van der Waals surface area contributed by atoms with Crippen LogP contribution in [-0.2, 0) is 0 Å². The van der Waals surface area contributed by atoms with E-state index in [0.717, 1.165) is 0 Å². The molecule has 0 atom stereocenters. The van der Waals surface area contributed by atoms with Gasteiger partial charge in [0.15, 0.2) is 11.5 Å². The maximum atomic E-state index is 12.9. The van der Waals surface area contributed by atoms with Crippen molar-refractivity contribution in [1.29, 1.82) is 0 Å². The number of para-hydroxylation sites is 1. The summed E-state index contributed by atoms with van der Waals surface area (Å²) in [6, 6.07) is 35.4. The number of fused-ring (bicyclic) bond motifs is 1. The highest BCUT2D eigenvalue weighted by Crippen LogP contribution is 2.44. The third-order valence-electron chi connectivity index (χ3n) is 5.31. The molecule has 35 heavy (non-hydrogen) atoms. The third-order valence-corrected chi connectivity index (χ3v) is 5.31. The van der Waals surface area contributed by atoms with E-state index in [1.54, 1.807) is 78.9 Å². The van der Waals surface area contributed by atoms with Gasteiger partial charge in [0.1, 0.15) is 11.5 Å². The Morgan fingerprint density at radius 1 is 0.486 bits per heavy atom. The zero-order valence-electron chi connectivity index (χ0n) is 18.6. The van der Waals surface area contributed by atoms with Gasteiger partial charge in [-0.3, -0.25) is 0 Å². The molecule has 0 unspecified atom stereocenters. The van der Waals surface area contributed by atoms with Gasteiger partial charge < -0.3 is 14.2 Å². The maximum absolute atomic E-state index is 12.9. The predicted octanol–water partition coefficient (Wildman–Crippen LogP) is 7.07. The number of carbonyl (C=O) groups excluding carboxylic acids is 2. The van der Waals surface area contributed by atoms with E-state index in [0.29, 0.717) is 33.4 Å². The summed E-state index contributed by atoms with van der Waals surface area (Å²) < 4.78 is 17.7. The predicted molar refractivity (Wildman–Crippen MR) is 133 cm³/mol. The van der Waals surface area contributed by atoms with E-state index in [2.05, 4.69) is 0 Å². The first-order chi connectivity index (χ1) is 17.2. The van der Waals surface area contributed by atoms with E-state index >= 15 is 0 Å². The molecule has 0 saturated carbocycles. The Hall–Kier alpha value is -4.90. The highest BCUT2D eigenvalue weighted by atomic mass is 16.6. The largest absolute Gasteiger partial charge is 0.453 e. The quantitative estimate of drug-likeness (QED) is 0.200. The zero-order valence-corrected chi connectivity index (χ0v) is 18.6. The molecule has 0 fully saturated rings. The molecule has 0 amide bonds. The van der Waals surface area contributed by atoms with E-state index in [1.165, 1.54) is 0 Å². The lowest BCUT2D eigenvalue weighted by Crippen LogP contribution is -2.11. The van der Waals surface area contributed by atoms with Crippen LogP contribution in [0.1, 0.15) is 20.7 Å². The Morgan fingerprint density at radius 3 is 1.57 bits per heavy atom. The summed E-state index contributed by atoms with van der Waals surface area (Å²) in [6.07, 6.45) is 0. The molecule has 5 nitrogen and oxygen atoms in total. The van der Waals surface area contributed by atoms with Gasteiger partial charge in [0.25, 0.3) is 0 Å². The SMILES string of the molecule is O=C(Oc1cc(Oc2ccccc2)c(OC(=O)c2ccccc2)c2ccccc12)c1ccccc1. The molecule has 5 rings (SSSR count). The molecule has 0 saturated heterocycles. The molecule has 5 aromatic rings. The molecule has 0 bridgehead atoms. The van der Waals surface area contributed by atoms with Crippen molar-refractivity contribution in [2.45, 2.75) is 0 Å². The number of hydrogen-bond donors (Lipinski definition) is 0. The number of hydrogen-bond acceptors (Lipinski definition) is 5. The average Bonchev–Trinajstić information content (AvgIpc) is 2.92. The Kier molecular flexibility index (Phi) is 6.22. The standard InChI is InChI=1S/C30H20O5/c31-29(21-12-4-1-5-13-21)34-26-20-27(33-23-16-8-3-9-17-23)28(25-19-11-10-18-24(25)26)35-30(32)22-14-6-2-7-15-22/h1-20H. The summed E-state index contributed by atoms with van der Waals surface area (Å²) >= 11 is 0. The minimum atomic E-state index is -0.525. The summed E-state index contributed by atoms with van der Waals surface area (Å²) in [4.78, 5) is 25.8. The third kappa shape index (κ3) is 4.89. The van der Waals surface area contributed by atoms with Crippen LogP contribution in [0.3, 0.4) is 0 Å². The molecule has 5 heteroatoms. The molecule has 0 aliphatic carbocycles. The van der Waals surface area contributed by atoms with Gasteiger partial charge in [0.2, 0.25) is 0 Å². The van der Waals surface area contributed by atoms with Crippen LogP contribution in [0.4, 0.5) is 0 Å². The van der Waals surface area contributed by atoms with Crippen LogP contribution in [-0.4, -0.2) is 11.9 Å². The van der Waals surface area contributed by atoms with Crippen molar-refractivity contribution in [3.63, 3.8) is 0 Å². The molecule has 5 aromatic carbocycles. The van der Waals surface area contributed by atoms with E-state index in [9.17, 15) is 9.59 Å². The van der Waals surface area contributed by atoms with Crippen LogP contribution in [0, 0.1) is 0 Å². The summed E-state index contributed by atoms with van der Waals surface area (Å²) in [7, 11) is 0. The van der Waals surface area contributed by atoms with Crippen molar-refractivity contribution in [2.75, 3.05) is 0 Å². The minimum Gasteiger partial charge on any atom is -0.453 e. The smallest absolute Gasteiger partial charge is 0.343 e. The lowest BCUT2D eigenvalue weighted by atomic mass is 10.1. The molecule has 0 aromatic heterocycles. The molecular weight excluding hydrogens is 440 g/mol. The van der Waals surface area contributed by atoms with Gasteiger partial charge in [-0.15, -0.1) is 0 Å². The highest BCUT2D eigenvalue weighted by Gasteiger charge is 2.21. The lowest BCUT2D eigenvalue weighted by Gasteiger charge is -2.17. The molecular formula is C30H20O5. The number of ether oxygens (including phenoxy) is 3. The maximum Gasteiger partial charge on any atom is 0.343 e. The van der Waals surface area contributed by atoms with Gasteiger partial charge in [-0.1, -0.05) is 78.9 Å². The first kappa shape index (κ1) is 21.9. The number of benzene rings is 5. The molecule has 0 heterocycles. The van der Waals surface area contributed by atoms with E-state index in [-0.39, 0.29) is 11.5 Å². The van der Waals surface area contributed by atoms with Crippen molar-refractivity contribution >= 4 is 22.7 Å². The second-order valence-corrected chi connectivity index (χ2v) is 7.67. The number of rotatable bonds is 6. The van der Waals surface area contributed by atoms with E-state index in [4.69, 9.17) is 14.2 Å². The molecule has 0 aliphatic rings. The topological polar surface area (TPSA) is 61.8 Å². The molecule has 0 N–H and O–H groups in total. The van der Waals surface area contributed by atoms with Crippen molar-refractivity contribution in [2.24, 2.45) is 0 Å². The molecule has 0 spiro atoms. The van der Waals surface area contributed by atoms with Crippen LogP contribution < -0.4 is 14.2 Å². The average molecular weight is 460 g/mol. The Morgan fingerprint density at radius 2 is 0.971 bits per heavy atom. The first-order valence-electron chi connectivity index (χ1n) is 11.0. The lowest BCUT2D eigenvalue weighted by molar-refractivity contribution is 0.0720. The number of esters is 2. The summed E-state index contributed by atoms with van der Waals surface area (Å²) in [5, 5.41) is 1.18. The van der Waals surface area contributed by atoms with Gasteiger partial charge in [0.05, 0.1) is 11.1 Å². The fourth-order valence-electron chi connectivity index (χ4n) is 3.63. The Labute approximate surface area is 202 Å². The van der Waals surface area contributed by atoms with Crippen molar-refractivity contribution < 1.29 is 23.8 Å². The fourth-order valence-corrected chi connectivity index (χ4v) is 3.63. The van der Waals surface area contributed by atoms with Gasteiger partial charge in [-0.25, -0.2) is 9.59 Å². The monoisotopic (exact) mass is 460 g/mol. The van der Waals surface area contributed by atoms with Crippen LogP contribution >= 0.6 is 0 Å². The van der Waals surface area contributed by atoms with Gasteiger partial charge in [-0.05, 0) is 36.4 Å². The van der Waals surface area contributed by atoms with Crippen molar-refractivity contribution in [3.8, 4) is 23.0 Å². The number of carbonyl (C=O) groups is 2. The van der Waals surface area contributed by atoms with Crippen molar-refractivity contribution in [3.05, 3.63) is 132 Å². The summed E-state index contributed by atoms with van der Waals surface area (Å²) in [5.74, 6) is 0.283. The summed E-state index contributed by atoms with van der Waals surface area (Å²) in [6.45, 7) is 0. The second kappa shape index (κ2) is 9.93. The molecule has 170 valence electrons. The minimum absolute atomic E-state index is 0.234. The van der Waals surface area contributed by atoms with Crippen LogP contribution in [0.5, 0.6) is 23.0 Å². The van der Waals surface area contributed by atoms with Crippen LogP contribution in [0.25, 0.3) is 10.8 Å². The molecule has 0 radical (unpaired) electrons.